The molecule has 3 nitrogen and oxygen atoms in total. The van der Waals surface area contributed by atoms with Crippen LogP contribution in [0.1, 0.15) is 37.8 Å². The van der Waals surface area contributed by atoms with E-state index >= 15 is 0 Å². The number of hydrogen-bond acceptors (Lipinski definition) is 2. The molecule has 18 heavy (non-hydrogen) atoms. The van der Waals surface area contributed by atoms with Gasteiger partial charge < -0.3 is 4.90 Å². The molecule has 1 heterocycles. The highest BCUT2D eigenvalue weighted by molar-refractivity contribution is 5.85. The molecule has 0 aromatic heterocycles. The highest BCUT2D eigenvalue weighted by Crippen LogP contribution is 2.41. The summed E-state index contributed by atoms with van der Waals surface area (Å²) in [6.45, 7) is 2.93. The molecule has 1 aliphatic heterocycles. The van der Waals surface area contributed by atoms with Crippen molar-refractivity contribution in [2.75, 3.05) is 6.67 Å². The fourth-order valence-corrected chi connectivity index (χ4v) is 3.00. The molecule has 3 atom stereocenters. The fourth-order valence-electron chi connectivity index (χ4n) is 3.00. The van der Waals surface area contributed by atoms with Crippen LogP contribution in [-0.4, -0.2) is 23.5 Å². The highest BCUT2D eigenvalue weighted by atomic mass is 16.2. The number of amides is 1. The van der Waals surface area contributed by atoms with Crippen molar-refractivity contribution in [3.8, 4) is 0 Å². The normalized spacial score (nSPS) is 30.8. The quantitative estimate of drug-likeness (QED) is 0.881. The third kappa shape index (κ3) is 2.03. The van der Waals surface area contributed by atoms with E-state index < -0.39 is 0 Å². The summed E-state index contributed by atoms with van der Waals surface area (Å²) in [5.74, 6) is 1.00. The molecule has 1 N–H and O–H groups in total. The van der Waals surface area contributed by atoms with Crippen LogP contribution in [0, 0.1) is 5.92 Å². The molecule has 1 aromatic carbocycles. The summed E-state index contributed by atoms with van der Waals surface area (Å²) in [5, 5.41) is 3.33. The summed E-state index contributed by atoms with van der Waals surface area (Å²) in [6.07, 6.45) is 3.67. The maximum Gasteiger partial charge on any atom is 0.245 e. The Morgan fingerprint density at radius 1 is 1.33 bits per heavy atom. The molecular formula is C15H20N2O. The van der Waals surface area contributed by atoms with Crippen molar-refractivity contribution in [2.45, 2.75) is 38.3 Å². The second kappa shape index (κ2) is 4.73. The number of benzene rings is 1. The number of hydrogen-bond donors (Lipinski definition) is 1. The SMILES string of the molecule is CCCC1CC1N1CNC(c2ccccc2)C1=O. The standard InChI is InChI=1S/C15H20N2O/c1-2-6-12-9-13(12)17-10-16-14(15(17)18)11-7-4-3-5-8-11/h3-5,7-8,12-14,16H,2,6,9-10H2,1H3. The molecule has 1 saturated carbocycles. The smallest absolute Gasteiger partial charge is 0.245 e. The topological polar surface area (TPSA) is 32.3 Å². The van der Waals surface area contributed by atoms with Crippen LogP contribution in [0.3, 0.4) is 0 Å². The Kier molecular flexibility index (Phi) is 3.08. The highest BCUT2D eigenvalue weighted by Gasteiger charge is 2.47. The first kappa shape index (κ1) is 11.7. The van der Waals surface area contributed by atoms with E-state index in [0.717, 1.165) is 11.5 Å². The summed E-state index contributed by atoms with van der Waals surface area (Å²) >= 11 is 0. The zero-order valence-electron chi connectivity index (χ0n) is 10.8. The first-order valence-electron chi connectivity index (χ1n) is 6.90. The van der Waals surface area contributed by atoms with Crippen LogP contribution in [-0.2, 0) is 4.79 Å². The molecule has 0 spiro atoms. The van der Waals surface area contributed by atoms with E-state index in [0.29, 0.717) is 12.7 Å². The molecule has 2 fully saturated rings. The molecule has 1 saturated heterocycles. The van der Waals surface area contributed by atoms with Crippen molar-refractivity contribution in [1.82, 2.24) is 10.2 Å². The first-order valence-corrected chi connectivity index (χ1v) is 6.90. The molecule has 1 aliphatic carbocycles. The maximum atomic E-state index is 12.4. The average Bonchev–Trinajstić information content (AvgIpc) is 3.05. The van der Waals surface area contributed by atoms with Crippen molar-refractivity contribution in [3.05, 3.63) is 35.9 Å². The van der Waals surface area contributed by atoms with Crippen LogP contribution in [0.2, 0.25) is 0 Å². The van der Waals surface area contributed by atoms with Crippen LogP contribution in [0.5, 0.6) is 0 Å². The lowest BCUT2D eigenvalue weighted by atomic mass is 10.1. The van der Waals surface area contributed by atoms with Crippen LogP contribution >= 0.6 is 0 Å². The molecule has 0 bridgehead atoms. The Balaban J connectivity index is 1.67. The lowest BCUT2D eigenvalue weighted by molar-refractivity contribution is -0.129. The molecule has 3 rings (SSSR count). The predicted molar refractivity (Wildman–Crippen MR) is 70.8 cm³/mol. The summed E-state index contributed by atoms with van der Waals surface area (Å²) in [6, 6.07) is 10.4. The number of nitrogens with zero attached hydrogens (tertiary/aromatic N) is 1. The predicted octanol–water partition coefficient (Wildman–Crippen LogP) is 2.31. The zero-order chi connectivity index (χ0) is 12.5. The monoisotopic (exact) mass is 244 g/mol. The third-order valence-electron chi connectivity index (χ3n) is 4.07. The molecule has 96 valence electrons. The Morgan fingerprint density at radius 2 is 2.11 bits per heavy atom. The lowest BCUT2D eigenvalue weighted by Crippen LogP contribution is -2.30. The maximum absolute atomic E-state index is 12.4. The lowest BCUT2D eigenvalue weighted by Gasteiger charge is -2.15. The number of carbonyl (C=O) groups excluding carboxylic acids is 1. The Bertz CT molecular complexity index is 431. The first-order chi connectivity index (χ1) is 8.81. The summed E-state index contributed by atoms with van der Waals surface area (Å²) in [5.41, 5.74) is 1.08. The van der Waals surface area contributed by atoms with Gasteiger partial charge in [0.15, 0.2) is 0 Å². The Labute approximate surface area is 108 Å². The minimum atomic E-state index is -0.130. The van der Waals surface area contributed by atoms with Gasteiger partial charge in [0.05, 0.1) is 6.67 Å². The van der Waals surface area contributed by atoms with Gasteiger partial charge in [-0.15, -0.1) is 0 Å². The van der Waals surface area contributed by atoms with E-state index in [9.17, 15) is 4.79 Å². The van der Waals surface area contributed by atoms with Gasteiger partial charge in [0, 0.05) is 6.04 Å². The van der Waals surface area contributed by atoms with E-state index in [1.54, 1.807) is 0 Å². The van der Waals surface area contributed by atoms with Crippen LogP contribution in [0.4, 0.5) is 0 Å². The van der Waals surface area contributed by atoms with Crippen molar-refractivity contribution >= 4 is 5.91 Å². The number of rotatable bonds is 4. The minimum absolute atomic E-state index is 0.130. The zero-order valence-corrected chi connectivity index (χ0v) is 10.8. The van der Waals surface area contributed by atoms with Gasteiger partial charge in [0.2, 0.25) is 5.91 Å². The molecule has 2 aliphatic rings. The number of carbonyl (C=O) groups is 1. The fraction of sp³-hybridized carbons (Fsp3) is 0.533. The molecule has 3 unspecified atom stereocenters. The van der Waals surface area contributed by atoms with Crippen molar-refractivity contribution < 1.29 is 4.79 Å². The number of nitrogens with one attached hydrogen (secondary N) is 1. The molecular weight excluding hydrogens is 224 g/mol. The van der Waals surface area contributed by atoms with Crippen LogP contribution in [0.15, 0.2) is 30.3 Å². The van der Waals surface area contributed by atoms with Crippen LogP contribution < -0.4 is 5.32 Å². The summed E-state index contributed by atoms with van der Waals surface area (Å²) < 4.78 is 0. The summed E-state index contributed by atoms with van der Waals surface area (Å²) in [4.78, 5) is 14.4. The van der Waals surface area contributed by atoms with Gasteiger partial charge in [-0.25, -0.2) is 0 Å². The van der Waals surface area contributed by atoms with E-state index in [1.807, 2.05) is 35.2 Å². The summed E-state index contributed by atoms with van der Waals surface area (Å²) in [7, 11) is 0. The third-order valence-corrected chi connectivity index (χ3v) is 4.07. The second-order valence-corrected chi connectivity index (χ2v) is 5.37. The van der Waals surface area contributed by atoms with E-state index in [-0.39, 0.29) is 11.9 Å². The van der Waals surface area contributed by atoms with Crippen LogP contribution in [0.25, 0.3) is 0 Å². The van der Waals surface area contributed by atoms with Gasteiger partial charge in [0.25, 0.3) is 0 Å². The van der Waals surface area contributed by atoms with Crippen molar-refractivity contribution in [2.24, 2.45) is 5.92 Å². The minimum Gasteiger partial charge on any atom is -0.325 e. The second-order valence-electron chi connectivity index (χ2n) is 5.37. The van der Waals surface area contributed by atoms with Gasteiger partial charge in [-0.2, -0.15) is 0 Å². The van der Waals surface area contributed by atoms with Gasteiger partial charge in [0.1, 0.15) is 6.04 Å². The average molecular weight is 244 g/mol. The van der Waals surface area contributed by atoms with Gasteiger partial charge in [-0.05, 0) is 24.3 Å². The van der Waals surface area contributed by atoms with E-state index in [2.05, 4.69) is 12.2 Å². The van der Waals surface area contributed by atoms with Crippen molar-refractivity contribution in [3.63, 3.8) is 0 Å². The van der Waals surface area contributed by atoms with Gasteiger partial charge >= 0.3 is 0 Å². The molecule has 3 heteroatoms. The largest absolute Gasteiger partial charge is 0.325 e. The Morgan fingerprint density at radius 3 is 2.83 bits per heavy atom. The molecule has 1 amide bonds. The Hall–Kier alpha value is -1.35. The van der Waals surface area contributed by atoms with Crippen molar-refractivity contribution in [1.29, 1.82) is 0 Å². The van der Waals surface area contributed by atoms with Gasteiger partial charge in [-0.3, -0.25) is 10.1 Å². The molecule has 1 aromatic rings. The molecule has 0 radical (unpaired) electrons. The van der Waals surface area contributed by atoms with E-state index in [1.165, 1.54) is 19.3 Å². The van der Waals surface area contributed by atoms with Gasteiger partial charge in [-0.1, -0.05) is 43.7 Å². The van der Waals surface area contributed by atoms with E-state index in [4.69, 9.17) is 0 Å².